The molecule has 0 saturated heterocycles. The molecular weight excluding hydrogens is 369 g/mol. The van der Waals surface area contributed by atoms with Gasteiger partial charge in [0, 0.05) is 10.7 Å². The molecule has 5 nitrogen and oxygen atoms in total. The zero-order valence-electron chi connectivity index (χ0n) is 15.8. The standard InChI is InChI=1S/C20H23ClFN3O2/c1-12-7-13(2)20(14(3)8-12)24-19(27)11-25(4)10-18(26)23-17-6-5-15(21)9-16(17)22/h5-9H,10-11H2,1-4H3,(H,23,26)(H,24,27). The third-order valence-corrected chi connectivity index (χ3v) is 4.21. The zero-order chi connectivity index (χ0) is 20.1. The van der Waals surface area contributed by atoms with Crippen LogP contribution in [0.4, 0.5) is 15.8 Å². The number of carbonyl (C=O) groups is 2. The monoisotopic (exact) mass is 391 g/mol. The number of halogens is 2. The summed E-state index contributed by atoms with van der Waals surface area (Å²) in [7, 11) is 1.65. The van der Waals surface area contributed by atoms with Crippen LogP contribution in [0.15, 0.2) is 30.3 Å². The van der Waals surface area contributed by atoms with E-state index in [1.165, 1.54) is 12.1 Å². The van der Waals surface area contributed by atoms with Gasteiger partial charge in [-0.3, -0.25) is 14.5 Å². The van der Waals surface area contributed by atoms with Gasteiger partial charge in [-0.05, 0) is 57.1 Å². The van der Waals surface area contributed by atoms with Crippen molar-refractivity contribution in [2.45, 2.75) is 20.8 Å². The molecule has 144 valence electrons. The fourth-order valence-corrected chi connectivity index (χ4v) is 3.04. The lowest BCUT2D eigenvalue weighted by atomic mass is 10.1. The van der Waals surface area contributed by atoms with E-state index in [1.54, 1.807) is 11.9 Å². The molecule has 0 heterocycles. The number of amides is 2. The second-order valence-electron chi connectivity index (χ2n) is 6.67. The highest BCUT2D eigenvalue weighted by molar-refractivity contribution is 6.30. The summed E-state index contributed by atoms with van der Waals surface area (Å²) in [5.74, 6) is -1.26. The summed E-state index contributed by atoms with van der Waals surface area (Å²) in [6.07, 6.45) is 0. The first-order valence-electron chi connectivity index (χ1n) is 8.47. The molecule has 0 aliphatic heterocycles. The van der Waals surface area contributed by atoms with Crippen molar-refractivity contribution in [3.8, 4) is 0 Å². The van der Waals surface area contributed by atoms with Crippen molar-refractivity contribution in [2.24, 2.45) is 0 Å². The van der Waals surface area contributed by atoms with Crippen LogP contribution in [0.1, 0.15) is 16.7 Å². The summed E-state index contributed by atoms with van der Waals surface area (Å²) in [5, 5.41) is 5.61. The van der Waals surface area contributed by atoms with E-state index in [4.69, 9.17) is 11.6 Å². The van der Waals surface area contributed by atoms with Crippen LogP contribution in [0, 0.1) is 26.6 Å². The quantitative estimate of drug-likeness (QED) is 0.784. The van der Waals surface area contributed by atoms with Gasteiger partial charge in [-0.1, -0.05) is 29.3 Å². The van der Waals surface area contributed by atoms with E-state index in [-0.39, 0.29) is 29.7 Å². The van der Waals surface area contributed by atoms with Crippen LogP contribution in [0.3, 0.4) is 0 Å². The summed E-state index contributed by atoms with van der Waals surface area (Å²) in [5.41, 5.74) is 3.94. The zero-order valence-corrected chi connectivity index (χ0v) is 16.6. The molecule has 7 heteroatoms. The largest absolute Gasteiger partial charge is 0.324 e. The molecule has 0 bridgehead atoms. The van der Waals surface area contributed by atoms with Gasteiger partial charge in [0.05, 0.1) is 18.8 Å². The average molecular weight is 392 g/mol. The predicted molar refractivity (Wildman–Crippen MR) is 107 cm³/mol. The van der Waals surface area contributed by atoms with Crippen molar-refractivity contribution in [2.75, 3.05) is 30.8 Å². The van der Waals surface area contributed by atoms with Gasteiger partial charge in [0.15, 0.2) is 0 Å². The van der Waals surface area contributed by atoms with Crippen LogP contribution in [0.25, 0.3) is 0 Å². The number of nitrogens with zero attached hydrogens (tertiary/aromatic N) is 1. The van der Waals surface area contributed by atoms with E-state index in [0.29, 0.717) is 0 Å². The Bertz CT molecular complexity index is 847. The molecule has 0 unspecified atom stereocenters. The van der Waals surface area contributed by atoms with Gasteiger partial charge in [-0.25, -0.2) is 4.39 Å². The molecule has 0 spiro atoms. The van der Waals surface area contributed by atoms with E-state index in [2.05, 4.69) is 10.6 Å². The molecule has 0 saturated carbocycles. The topological polar surface area (TPSA) is 61.4 Å². The smallest absolute Gasteiger partial charge is 0.238 e. The number of rotatable bonds is 6. The maximum Gasteiger partial charge on any atom is 0.238 e. The van der Waals surface area contributed by atoms with Crippen LogP contribution in [-0.4, -0.2) is 36.9 Å². The van der Waals surface area contributed by atoms with Crippen molar-refractivity contribution in [3.63, 3.8) is 0 Å². The lowest BCUT2D eigenvalue weighted by Gasteiger charge is -2.18. The second-order valence-corrected chi connectivity index (χ2v) is 7.10. The Morgan fingerprint density at radius 1 is 1.00 bits per heavy atom. The molecule has 0 radical (unpaired) electrons. The molecule has 2 rings (SSSR count). The number of hydrogen-bond donors (Lipinski definition) is 2. The van der Waals surface area contributed by atoms with E-state index in [1.807, 2.05) is 32.9 Å². The number of benzene rings is 2. The van der Waals surface area contributed by atoms with Crippen LogP contribution in [0.2, 0.25) is 5.02 Å². The SMILES string of the molecule is Cc1cc(C)c(NC(=O)CN(C)CC(=O)Nc2ccc(Cl)cc2F)c(C)c1. The first-order chi connectivity index (χ1) is 12.7. The van der Waals surface area contributed by atoms with Crippen molar-refractivity contribution in [3.05, 3.63) is 57.9 Å². The van der Waals surface area contributed by atoms with Crippen LogP contribution in [-0.2, 0) is 9.59 Å². The highest BCUT2D eigenvalue weighted by atomic mass is 35.5. The molecule has 0 atom stereocenters. The van der Waals surface area contributed by atoms with Gasteiger partial charge < -0.3 is 10.6 Å². The Hall–Kier alpha value is -2.44. The van der Waals surface area contributed by atoms with Gasteiger partial charge in [-0.2, -0.15) is 0 Å². The Morgan fingerprint density at radius 3 is 2.11 bits per heavy atom. The highest BCUT2D eigenvalue weighted by Gasteiger charge is 2.14. The summed E-state index contributed by atoms with van der Waals surface area (Å²) < 4.78 is 13.7. The average Bonchev–Trinajstić information content (AvgIpc) is 2.53. The van der Waals surface area contributed by atoms with Gasteiger partial charge in [0.2, 0.25) is 11.8 Å². The van der Waals surface area contributed by atoms with Crippen molar-refractivity contribution in [1.29, 1.82) is 0 Å². The number of likely N-dealkylation sites (N-methyl/N-ethyl adjacent to an activating group) is 1. The van der Waals surface area contributed by atoms with Gasteiger partial charge >= 0.3 is 0 Å². The van der Waals surface area contributed by atoms with E-state index in [9.17, 15) is 14.0 Å². The third kappa shape index (κ3) is 6.05. The Labute approximate surface area is 163 Å². The number of hydrogen-bond acceptors (Lipinski definition) is 3. The lowest BCUT2D eigenvalue weighted by molar-refractivity contribution is -0.119. The van der Waals surface area contributed by atoms with Crippen molar-refractivity contribution < 1.29 is 14.0 Å². The van der Waals surface area contributed by atoms with Crippen LogP contribution < -0.4 is 10.6 Å². The molecular formula is C20H23ClFN3O2. The minimum Gasteiger partial charge on any atom is -0.324 e. The number of anilines is 2. The normalized spacial score (nSPS) is 10.8. The predicted octanol–water partition coefficient (Wildman–Crippen LogP) is 3.91. The number of carbonyl (C=O) groups excluding carboxylic acids is 2. The summed E-state index contributed by atoms with van der Waals surface area (Å²) >= 11 is 5.69. The van der Waals surface area contributed by atoms with Crippen LogP contribution >= 0.6 is 11.6 Å². The molecule has 2 N–H and O–H groups in total. The lowest BCUT2D eigenvalue weighted by Crippen LogP contribution is -2.36. The molecule has 0 aliphatic carbocycles. The van der Waals surface area contributed by atoms with E-state index in [0.717, 1.165) is 28.4 Å². The summed E-state index contributed by atoms with van der Waals surface area (Å²) in [6.45, 7) is 5.85. The van der Waals surface area contributed by atoms with Gasteiger partial charge in [0.1, 0.15) is 5.82 Å². The minimum absolute atomic E-state index is 0.0310. The molecule has 2 aromatic rings. The molecule has 2 amide bonds. The third-order valence-electron chi connectivity index (χ3n) is 3.97. The van der Waals surface area contributed by atoms with Crippen molar-refractivity contribution >= 4 is 34.8 Å². The molecule has 2 aromatic carbocycles. The van der Waals surface area contributed by atoms with Gasteiger partial charge in [-0.15, -0.1) is 0 Å². The molecule has 0 aliphatic rings. The van der Waals surface area contributed by atoms with Crippen molar-refractivity contribution in [1.82, 2.24) is 4.90 Å². The molecule has 0 aromatic heterocycles. The minimum atomic E-state index is -0.610. The summed E-state index contributed by atoms with van der Waals surface area (Å²) in [6, 6.07) is 8.01. The van der Waals surface area contributed by atoms with E-state index >= 15 is 0 Å². The first-order valence-corrected chi connectivity index (χ1v) is 8.84. The Balaban J connectivity index is 1.90. The fraction of sp³-hybridized carbons (Fsp3) is 0.300. The fourth-order valence-electron chi connectivity index (χ4n) is 2.88. The Kier molecular flexibility index (Phi) is 6.93. The molecule has 27 heavy (non-hydrogen) atoms. The number of aryl methyl sites for hydroxylation is 3. The Morgan fingerprint density at radius 2 is 1.56 bits per heavy atom. The maximum atomic E-state index is 13.7. The first kappa shape index (κ1) is 20.9. The highest BCUT2D eigenvalue weighted by Crippen LogP contribution is 2.22. The second kappa shape index (κ2) is 8.97. The summed E-state index contributed by atoms with van der Waals surface area (Å²) in [4.78, 5) is 25.9. The van der Waals surface area contributed by atoms with E-state index < -0.39 is 11.7 Å². The maximum absolute atomic E-state index is 13.7. The molecule has 0 fully saturated rings. The number of nitrogens with one attached hydrogen (secondary N) is 2. The van der Waals surface area contributed by atoms with Gasteiger partial charge in [0.25, 0.3) is 0 Å². The van der Waals surface area contributed by atoms with Crippen LogP contribution in [0.5, 0.6) is 0 Å².